The lowest BCUT2D eigenvalue weighted by atomic mass is 10.2. The molecular formula is C12H7Cl2N3O3. The number of anilines is 1. The molecule has 0 aliphatic rings. The second-order valence-electron chi connectivity index (χ2n) is 3.73. The molecule has 8 heteroatoms. The van der Waals surface area contributed by atoms with E-state index in [1.54, 1.807) is 6.07 Å². The molecule has 0 bridgehead atoms. The fourth-order valence-electron chi connectivity index (χ4n) is 1.48. The van der Waals surface area contributed by atoms with E-state index < -0.39 is 10.8 Å². The zero-order valence-corrected chi connectivity index (χ0v) is 11.4. The van der Waals surface area contributed by atoms with Crippen LogP contribution < -0.4 is 5.32 Å². The summed E-state index contributed by atoms with van der Waals surface area (Å²) in [6, 6.07) is 7.15. The van der Waals surface area contributed by atoms with Crippen LogP contribution in [0.3, 0.4) is 0 Å². The summed E-state index contributed by atoms with van der Waals surface area (Å²) in [4.78, 5) is 26.0. The highest BCUT2D eigenvalue weighted by Crippen LogP contribution is 2.25. The molecule has 2 aromatic rings. The van der Waals surface area contributed by atoms with Gasteiger partial charge in [0.05, 0.1) is 15.5 Å². The minimum Gasteiger partial charge on any atom is -0.316 e. The molecule has 2 rings (SSSR count). The van der Waals surface area contributed by atoms with Crippen LogP contribution in [-0.4, -0.2) is 15.8 Å². The topological polar surface area (TPSA) is 85.1 Å². The molecule has 1 aromatic heterocycles. The van der Waals surface area contributed by atoms with Crippen molar-refractivity contribution in [1.82, 2.24) is 4.98 Å². The van der Waals surface area contributed by atoms with Crippen molar-refractivity contribution < 1.29 is 9.72 Å². The van der Waals surface area contributed by atoms with Crippen LogP contribution in [0.1, 0.15) is 10.4 Å². The maximum Gasteiger partial charge on any atom is 0.292 e. The summed E-state index contributed by atoms with van der Waals surface area (Å²) in [5, 5.41) is 13.5. The Balaban J connectivity index is 2.28. The minimum absolute atomic E-state index is 0.0777. The fraction of sp³-hybridized carbons (Fsp3) is 0. The van der Waals surface area contributed by atoms with Crippen LogP contribution in [0.2, 0.25) is 10.2 Å². The standard InChI is InChI=1S/C12H7Cl2N3O3/c13-8-5-7(6-15-11(8)14)12(18)16-9-3-1-2-4-10(9)17(19)20/h1-6H,(H,16,18). The number of carbonyl (C=O) groups is 1. The number of nitrogens with one attached hydrogen (secondary N) is 1. The van der Waals surface area contributed by atoms with E-state index in [9.17, 15) is 14.9 Å². The summed E-state index contributed by atoms with van der Waals surface area (Å²) in [6.45, 7) is 0. The first-order chi connectivity index (χ1) is 9.49. The van der Waals surface area contributed by atoms with Gasteiger partial charge in [-0.05, 0) is 12.1 Å². The Labute approximate surface area is 123 Å². The average Bonchev–Trinajstić information content (AvgIpc) is 2.42. The third-order valence-corrected chi connectivity index (χ3v) is 3.09. The number of nitro benzene ring substituents is 1. The van der Waals surface area contributed by atoms with E-state index in [-0.39, 0.29) is 27.1 Å². The van der Waals surface area contributed by atoms with Crippen molar-refractivity contribution in [3.63, 3.8) is 0 Å². The zero-order chi connectivity index (χ0) is 14.7. The second kappa shape index (κ2) is 5.85. The number of nitrogens with zero attached hydrogens (tertiary/aromatic N) is 2. The number of halogens is 2. The van der Waals surface area contributed by atoms with E-state index in [2.05, 4.69) is 10.3 Å². The highest BCUT2D eigenvalue weighted by molar-refractivity contribution is 6.41. The van der Waals surface area contributed by atoms with Crippen LogP contribution in [0, 0.1) is 10.1 Å². The predicted molar refractivity (Wildman–Crippen MR) is 75.3 cm³/mol. The van der Waals surface area contributed by atoms with E-state index in [0.29, 0.717) is 0 Å². The lowest BCUT2D eigenvalue weighted by molar-refractivity contribution is -0.383. The monoisotopic (exact) mass is 311 g/mol. The molecule has 0 aliphatic heterocycles. The molecule has 6 nitrogen and oxygen atoms in total. The van der Waals surface area contributed by atoms with Crippen molar-refractivity contribution in [3.8, 4) is 0 Å². The SMILES string of the molecule is O=C(Nc1ccccc1[N+](=O)[O-])c1cnc(Cl)c(Cl)c1. The van der Waals surface area contributed by atoms with Crippen molar-refractivity contribution in [2.45, 2.75) is 0 Å². The summed E-state index contributed by atoms with van der Waals surface area (Å²) >= 11 is 11.4. The first-order valence-electron chi connectivity index (χ1n) is 5.35. The Morgan fingerprint density at radius 3 is 2.65 bits per heavy atom. The van der Waals surface area contributed by atoms with Gasteiger partial charge in [0, 0.05) is 12.3 Å². The summed E-state index contributed by atoms with van der Waals surface area (Å²) in [5.74, 6) is -0.564. The van der Waals surface area contributed by atoms with Crippen molar-refractivity contribution in [2.75, 3.05) is 5.32 Å². The van der Waals surface area contributed by atoms with Crippen LogP contribution in [0.25, 0.3) is 0 Å². The maximum absolute atomic E-state index is 12.0. The number of aromatic nitrogens is 1. The first-order valence-corrected chi connectivity index (χ1v) is 6.10. The van der Waals surface area contributed by atoms with Crippen molar-refractivity contribution >= 4 is 40.5 Å². The molecule has 0 aliphatic carbocycles. The highest BCUT2D eigenvalue weighted by atomic mass is 35.5. The Bertz CT molecular complexity index is 691. The van der Waals surface area contributed by atoms with E-state index in [0.717, 1.165) is 0 Å². The van der Waals surface area contributed by atoms with Crippen LogP contribution in [0.15, 0.2) is 36.5 Å². The Morgan fingerprint density at radius 2 is 2.00 bits per heavy atom. The molecule has 1 amide bonds. The molecule has 0 atom stereocenters. The molecule has 1 N–H and O–H groups in total. The van der Waals surface area contributed by atoms with Crippen LogP contribution in [0.5, 0.6) is 0 Å². The quantitative estimate of drug-likeness (QED) is 0.533. The Morgan fingerprint density at radius 1 is 1.30 bits per heavy atom. The molecule has 0 unspecified atom stereocenters. The van der Waals surface area contributed by atoms with Crippen LogP contribution in [-0.2, 0) is 0 Å². The molecule has 0 radical (unpaired) electrons. The number of hydrogen-bond donors (Lipinski definition) is 1. The van der Waals surface area contributed by atoms with Crippen LogP contribution >= 0.6 is 23.2 Å². The smallest absolute Gasteiger partial charge is 0.292 e. The molecule has 20 heavy (non-hydrogen) atoms. The molecule has 102 valence electrons. The van der Waals surface area contributed by atoms with Gasteiger partial charge in [0.25, 0.3) is 11.6 Å². The van der Waals surface area contributed by atoms with Gasteiger partial charge >= 0.3 is 0 Å². The molecule has 0 spiro atoms. The molecule has 0 fully saturated rings. The van der Waals surface area contributed by atoms with Gasteiger partial charge in [0.1, 0.15) is 10.8 Å². The third-order valence-electron chi connectivity index (χ3n) is 2.41. The van der Waals surface area contributed by atoms with E-state index in [1.165, 1.54) is 30.5 Å². The van der Waals surface area contributed by atoms with Gasteiger partial charge in [0.15, 0.2) is 0 Å². The summed E-state index contributed by atoms with van der Waals surface area (Å²) in [7, 11) is 0. The summed E-state index contributed by atoms with van der Waals surface area (Å²) < 4.78 is 0. The Kier molecular flexibility index (Phi) is 4.16. The normalized spacial score (nSPS) is 10.1. The molecule has 0 saturated heterocycles. The van der Waals surface area contributed by atoms with Gasteiger partial charge in [-0.25, -0.2) is 4.98 Å². The summed E-state index contributed by atoms with van der Waals surface area (Å²) in [6.07, 6.45) is 1.23. The van der Waals surface area contributed by atoms with Gasteiger partial charge in [0.2, 0.25) is 0 Å². The number of carbonyl (C=O) groups excluding carboxylic acids is 1. The van der Waals surface area contributed by atoms with Gasteiger partial charge in [-0.3, -0.25) is 14.9 Å². The van der Waals surface area contributed by atoms with Gasteiger partial charge in [-0.2, -0.15) is 0 Å². The number of nitro groups is 1. The minimum atomic E-state index is -0.581. The molecular weight excluding hydrogens is 305 g/mol. The van der Waals surface area contributed by atoms with Gasteiger partial charge < -0.3 is 5.32 Å². The third kappa shape index (κ3) is 3.04. The highest BCUT2D eigenvalue weighted by Gasteiger charge is 2.16. The van der Waals surface area contributed by atoms with Crippen LogP contribution in [0.4, 0.5) is 11.4 Å². The lowest BCUT2D eigenvalue weighted by Crippen LogP contribution is -2.13. The molecule has 1 aromatic carbocycles. The van der Waals surface area contributed by atoms with Crippen molar-refractivity contribution in [2.24, 2.45) is 0 Å². The molecule has 0 saturated carbocycles. The Hall–Kier alpha value is -2.18. The number of benzene rings is 1. The van der Waals surface area contributed by atoms with Crippen molar-refractivity contribution in [1.29, 1.82) is 0 Å². The van der Waals surface area contributed by atoms with Gasteiger partial charge in [-0.15, -0.1) is 0 Å². The zero-order valence-electron chi connectivity index (χ0n) is 9.84. The lowest BCUT2D eigenvalue weighted by Gasteiger charge is -2.06. The number of rotatable bonds is 3. The first kappa shape index (κ1) is 14.2. The van der Waals surface area contributed by atoms with Crippen molar-refractivity contribution in [3.05, 3.63) is 62.4 Å². The predicted octanol–water partition coefficient (Wildman–Crippen LogP) is 3.55. The van der Waals surface area contributed by atoms with E-state index >= 15 is 0 Å². The number of amides is 1. The average molecular weight is 312 g/mol. The van der Waals surface area contributed by atoms with E-state index in [1.807, 2.05) is 0 Å². The fourth-order valence-corrected chi connectivity index (χ4v) is 1.75. The maximum atomic E-state index is 12.0. The number of pyridine rings is 1. The summed E-state index contributed by atoms with van der Waals surface area (Å²) in [5.41, 5.74) is 0.0417. The van der Waals surface area contributed by atoms with Gasteiger partial charge in [-0.1, -0.05) is 35.3 Å². The second-order valence-corrected chi connectivity index (χ2v) is 4.49. The van der Waals surface area contributed by atoms with E-state index in [4.69, 9.17) is 23.2 Å². The number of hydrogen-bond acceptors (Lipinski definition) is 4. The largest absolute Gasteiger partial charge is 0.316 e. The molecule has 1 heterocycles. The number of para-hydroxylation sites is 2.